The standard InChI is InChI=1S/C9H9F3N2O4S/c10-9(11,12)18-6-2-1-3-7(4-6)19(16,17)14-5-8(13)15/h1-4,14H,5H2,(H2,13,15). The van der Waals surface area contributed by atoms with Gasteiger partial charge < -0.3 is 10.5 Å². The smallest absolute Gasteiger partial charge is 0.406 e. The maximum Gasteiger partial charge on any atom is 0.573 e. The van der Waals surface area contributed by atoms with Gasteiger partial charge >= 0.3 is 6.36 Å². The summed E-state index contributed by atoms with van der Waals surface area (Å²) in [4.78, 5) is 9.98. The number of nitrogens with one attached hydrogen (secondary N) is 1. The van der Waals surface area contributed by atoms with Crippen molar-refractivity contribution in [2.75, 3.05) is 6.54 Å². The van der Waals surface area contributed by atoms with Crippen LogP contribution in [0, 0.1) is 0 Å². The summed E-state index contributed by atoms with van der Waals surface area (Å²) in [6.45, 7) is -0.660. The third-order valence-electron chi connectivity index (χ3n) is 1.79. The third kappa shape index (κ3) is 5.14. The summed E-state index contributed by atoms with van der Waals surface area (Å²) in [7, 11) is -4.13. The van der Waals surface area contributed by atoms with E-state index in [0.29, 0.717) is 6.07 Å². The number of halogens is 3. The van der Waals surface area contributed by atoms with Crippen molar-refractivity contribution in [3.05, 3.63) is 24.3 Å². The van der Waals surface area contributed by atoms with E-state index < -0.39 is 39.5 Å². The van der Waals surface area contributed by atoms with Crippen LogP contribution in [-0.2, 0) is 14.8 Å². The van der Waals surface area contributed by atoms with Gasteiger partial charge in [-0.3, -0.25) is 4.79 Å². The number of rotatable bonds is 5. The van der Waals surface area contributed by atoms with Gasteiger partial charge in [0, 0.05) is 6.07 Å². The van der Waals surface area contributed by atoms with Gasteiger partial charge in [0.05, 0.1) is 11.4 Å². The summed E-state index contributed by atoms with van der Waals surface area (Å²) in [6, 6.07) is 3.74. The van der Waals surface area contributed by atoms with E-state index in [-0.39, 0.29) is 0 Å². The minimum absolute atomic E-state index is 0.476. The van der Waals surface area contributed by atoms with Crippen molar-refractivity contribution in [2.24, 2.45) is 5.73 Å². The van der Waals surface area contributed by atoms with Gasteiger partial charge in [-0.05, 0) is 12.1 Å². The number of amides is 1. The van der Waals surface area contributed by atoms with E-state index in [1.807, 2.05) is 4.72 Å². The molecule has 0 unspecified atom stereocenters. The number of carbonyl (C=O) groups is 1. The van der Waals surface area contributed by atoms with Crippen molar-refractivity contribution in [3.8, 4) is 5.75 Å². The number of sulfonamides is 1. The highest BCUT2D eigenvalue weighted by atomic mass is 32.2. The Labute approximate surface area is 106 Å². The first-order valence-electron chi connectivity index (χ1n) is 4.74. The Morgan fingerprint density at radius 2 is 2.00 bits per heavy atom. The van der Waals surface area contributed by atoms with Gasteiger partial charge in [-0.25, -0.2) is 13.1 Å². The minimum Gasteiger partial charge on any atom is -0.406 e. The van der Waals surface area contributed by atoms with Crippen LogP contribution in [0.2, 0.25) is 0 Å². The molecule has 0 aromatic heterocycles. The zero-order valence-corrected chi connectivity index (χ0v) is 10.1. The second kappa shape index (κ2) is 5.45. The van der Waals surface area contributed by atoms with Crippen molar-refractivity contribution in [1.29, 1.82) is 0 Å². The van der Waals surface area contributed by atoms with E-state index in [1.165, 1.54) is 0 Å². The largest absolute Gasteiger partial charge is 0.573 e. The average Bonchev–Trinajstić information content (AvgIpc) is 2.24. The second-order valence-electron chi connectivity index (χ2n) is 3.31. The normalized spacial score (nSPS) is 12.2. The summed E-state index contributed by atoms with van der Waals surface area (Å²) >= 11 is 0. The molecule has 1 aromatic rings. The van der Waals surface area contributed by atoms with Crippen LogP contribution in [0.3, 0.4) is 0 Å². The molecule has 0 atom stereocenters. The lowest BCUT2D eigenvalue weighted by Crippen LogP contribution is -2.33. The molecule has 1 rings (SSSR count). The monoisotopic (exact) mass is 298 g/mol. The topological polar surface area (TPSA) is 98.5 Å². The molecular weight excluding hydrogens is 289 g/mol. The van der Waals surface area contributed by atoms with E-state index in [9.17, 15) is 26.4 Å². The van der Waals surface area contributed by atoms with Gasteiger partial charge in [-0.15, -0.1) is 13.2 Å². The molecular formula is C9H9F3N2O4S. The Morgan fingerprint density at radius 3 is 2.53 bits per heavy atom. The highest BCUT2D eigenvalue weighted by molar-refractivity contribution is 7.89. The van der Waals surface area contributed by atoms with Gasteiger partial charge in [0.2, 0.25) is 15.9 Å². The van der Waals surface area contributed by atoms with E-state index in [1.54, 1.807) is 0 Å². The van der Waals surface area contributed by atoms with Crippen molar-refractivity contribution in [2.45, 2.75) is 11.3 Å². The second-order valence-corrected chi connectivity index (χ2v) is 5.08. The number of ether oxygens (including phenoxy) is 1. The summed E-state index contributed by atoms with van der Waals surface area (Å²) in [5, 5.41) is 0. The lowest BCUT2D eigenvalue weighted by atomic mass is 10.3. The lowest BCUT2D eigenvalue weighted by Gasteiger charge is -2.10. The van der Waals surface area contributed by atoms with E-state index >= 15 is 0 Å². The Balaban J connectivity index is 2.95. The van der Waals surface area contributed by atoms with Crippen LogP contribution in [0.25, 0.3) is 0 Å². The average molecular weight is 298 g/mol. The van der Waals surface area contributed by atoms with Crippen LogP contribution < -0.4 is 15.2 Å². The first kappa shape index (κ1) is 15.2. The molecule has 0 aliphatic rings. The molecule has 0 fully saturated rings. The molecule has 19 heavy (non-hydrogen) atoms. The molecule has 1 aromatic carbocycles. The molecule has 1 amide bonds. The maximum absolute atomic E-state index is 12.0. The van der Waals surface area contributed by atoms with Gasteiger partial charge in [0.25, 0.3) is 0 Å². The first-order valence-corrected chi connectivity index (χ1v) is 6.22. The van der Waals surface area contributed by atoms with E-state index in [0.717, 1.165) is 18.2 Å². The minimum atomic E-state index is -4.93. The molecule has 0 spiro atoms. The Bertz CT molecular complexity index is 571. The van der Waals surface area contributed by atoms with Gasteiger partial charge in [0.15, 0.2) is 0 Å². The Morgan fingerprint density at radius 1 is 1.37 bits per heavy atom. The first-order chi connectivity index (χ1) is 8.60. The number of alkyl halides is 3. The molecule has 10 heteroatoms. The number of carbonyl (C=O) groups excluding carboxylic acids is 1. The molecule has 0 aliphatic carbocycles. The van der Waals surface area contributed by atoms with Gasteiger partial charge in [0.1, 0.15) is 5.75 Å². The van der Waals surface area contributed by atoms with E-state index in [4.69, 9.17) is 5.73 Å². The van der Waals surface area contributed by atoms with Crippen LogP contribution in [0.15, 0.2) is 29.2 Å². The maximum atomic E-state index is 12.0. The van der Waals surface area contributed by atoms with E-state index in [2.05, 4.69) is 4.74 Å². The quantitative estimate of drug-likeness (QED) is 0.819. The van der Waals surface area contributed by atoms with Crippen LogP contribution in [0.1, 0.15) is 0 Å². The van der Waals surface area contributed by atoms with Gasteiger partial charge in [-0.1, -0.05) is 6.07 Å². The summed E-state index contributed by atoms with van der Waals surface area (Å²) in [5.74, 6) is -1.61. The molecule has 0 bridgehead atoms. The number of hydrogen-bond donors (Lipinski definition) is 2. The zero-order chi connectivity index (χ0) is 14.7. The number of hydrogen-bond acceptors (Lipinski definition) is 4. The van der Waals surface area contributed by atoms with Crippen molar-refractivity contribution < 1.29 is 31.1 Å². The molecule has 0 saturated carbocycles. The highest BCUT2D eigenvalue weighted by Gasteiger charge is 2.31. The predicted molar refractivity (Wildman–Crippen MR) is 57.5 cm³/mol. The van der Waals surface area contributed by atoms with Crippen LogP contribution >= 0.6 is 0 Å². The fraction of sp³-hybridized carbons (Fsp3) is 0.222. The Kier molecular flexibility index (Phi) is 4.37. The molecule has 0 radical (unpaired) electrons. The SMILES string of the molecule is NC(=O)CNS(=O)(=O)c1cccc(OC(F)(F)F)c1. The number of benzene rings is 1. The molecule has 6 nitrogen and oxygen atoms in total. The van der Waals surface area contributed by atoms with Crippen molar-refractivity contribution in [1.82, 2.24) is 4.72 Å². The molecule has 3 N–H and O–H groups in total. The number of nitrogens with two attached hydrogens (primary N) is 1. The fourth-order valence-corrected chi connectivity index (χ4v) is 2.12. The predicted octanol–water partition coefficient (Wildman–Crippen LogP) is 0.349. The molecule has 0 heterocycles. The molecule has 0 saturated heterocycles. The fourth-order valence-electron chi connectivity index (χ4n) is 1.09. The summed E-state index contributed by atoms with van der Waals surface area (Å²) in [6.07, 6.45) is -4.93. The van der Waals surface area contributed by atoms with Crippen molar-refractivity contribution >= 4 is 15.9 Å². The molecule has 106 valence electrons. The number of primary amides is 1. The summed E-state index contributed by atoms with van der Waals surface area (Å²) in [5.41, 5.74) is 4.75. The summed E-state index contributed by atoms with van der Waals surface area (Å²) < 4.78 is 64.5. The molecule has 0 aliphatic heterocycles. The lowest BCUT2D eigenvalue weighted by molar-refractivity contribution is -0.274. The zero-order valence-electron chi connectivity index (χ0n) is 9.27. The van der Waals surface area contributed by atoms with Crippen LogP contribution in [0.4, 0.5) is 13.2 Å². The van der Waals surface area contributed by atoms with Crippen LogP contribution in [0.5, 0.6) is 5.75 Å². The Hall–Kier alpha value is -1.81. The highest BCUT2D eigenvalue weighted by Crippen LogP contribution is 2.24. The third-order valence-corrected chi connectivity index (χ3v) is 3.18. The van der Waals surface area contributed by atoms with Crippen LogP contribution in [-0.4, -0.2) is 27.2 Å². The van der Waals surface area contributed by atoms with Crippen molar-refractivity contribution in [3.63, 3.8) is 0 Å². The van der Waals surface area contributed by atoms with Gasteiger partial charge in [-0.2, -0.15) is 0 Å².